The molecule has 2 aromatic heterocycles. The van der Waals surface area contributed by atoms with Crippen LogP contribution in [0.2, 0.25) is 5.02 Å². The van der Waals surface area contributed by atoms with E-state index < -0.39 is 6.10 Å². The molecule has 0 aliphatic heterocycles. The summed E-state index contributed by atoms with van der Waals surface area (Å²) in [7, 11) is 0. The van der Waals surface area contributed by atoms with Crippen LogP contribution in [0.1, 0.15) is 11.7 Å². The highest BCUT2D eigenvalue weighted by Crippen LogP contribution is 2.23. The number of aliphatic hydroxyl groups excluding tert-OH is 1. The number of benzene rings is 1. The predicted molar refractivity (Wildman–Crippen MR) is 82.3 cm³/mol. The van der Waals surface area contributed by atoms with Gasteiger partial charge in [0.25, 0.3) is 0 Å². The van der Waals surface area contributed by atoms with Crippen molar-refractivity contribution >= 4 is 39.7 Å². The Morgan fingerprint density at radius 1 is 1.30 bits per heavy atom. The number of nitrogens with one attached hydrogen (secondary N) is 1. The van der Waals surface area contributed by atoms with Gasteiger partial charge in [0.2, 0.25) is 0 Å². The second-order valence-electron chi connectivity index (χ2n) is 4.34. The molecule has 1 atom stereocenters. The van der Waals surface area contributed by atoms with Crippen LogP contribution < -0.4 is 5.32 Å². The first kappa shape index (κ1) is 13.3. The van der Waals surface area contributed by atoms with E-state index in [1.807, 2.05) is 22.9 Å². The second-order valence-corrected chi connectivity index (χ2v) is 5.55. The Morgan fingerprint density at radius 3 is 3.00 bits per heavy atom. The maximum Gasteiger partial charge on any atom is 0.137 e. The standard InChI is InChI=1S/C14H12ClN3OS/c15-10-1-2-11-12(5-10)17-8-18-14(11)16-6-13(19)9-3-4-20-7-9/h1-5,7-8,13,19H,6H2,(H,16,17,18). The van der Waals surface area contributed by atoms with Gasteiger partial charge in [0, 0.05) is 17.0 Å². The van der Waals surface area contributed by atoms with Gasteiger partial charge >= 0.3 is 0 Å². The molecule has 0 radical (unpaired) electrons. The molecule has 0 amide bonds. The number of hydrogen-bond donors (Lipinski definition) is 2. The van der Waals surface area contributed by atoms with Crippen LogP contribution in [0.3, 0.4) is 0 Å². The Morgan fingerprint density at radius 2 is 2.20 bits per heavy atom. The van der Waals surface area contributed by atoms with E-state index in [0.29, 0.717) is 17.4 Å². The summed E-state index contributed by atoms with van der Waals surface area (Å²) in [6.07, 6.45) is 0.927. The van der Waals surface area contributed by atoms with E-state index in [-0.39, 0.29) is 0 Å². The molecule has 102 valence electrons. The average molecular weight is 306 g/mol. The first-order valence-corrected chi connectivity index (χ1v) is 7.40. The molecule has 0 aliphatic rings. The van der Waals surface area contributed by atoms with Gasteiger partial charge in [-0.3, -0.25) is 0 Å². The zero-order valence-corrected chi connectivity index (χ0v) is 12.0. The van der Waals surface area contributed by atoms with Gasteiger partial charge in [-0.15, -0.1) is 0 Å². The summed E-state index contributed by atoms with van der Waals surface area (Å²) >= 11 is 7.51. The maximum atomic E-state index is 10.1. The summed E-state index contributed by atoms with van der Waals surface area (Å²) in [5.41, 5.74) is 1.68. The minimum atomic E-state index is -0.557. The Bertz CT molecular complexity index is 718. The van der Waals surface area contributed by atoms with Crippen LogP contribution in [-0.4, -0.2) is 21.6 Å². The fraction of sp³-hybridized carbons (Fsp3) is 0.143. The smallest absolute Gasteiger partial charge is 0.137 e. The summed E-state index contributed by atoms with van der Waals surface area (Å²) < 4.78 is 0. The molecule has 1 unspecified atom stereocenters. The summed E-state index contributed by atoms with van der Waals surface area (Å²) in [6, 6.07) is 7.37. The van der Waals surface area contributed by atoms with E-state index in [2.05, 4.69) is 15.3 Å². The molecule has 3 aromatic rings. The number of aromatic nitrogens is 2. The van der Waals surface area contributed by atoms with Gasteiger partial charge in [0.15, 0.2) is 0 Å². The number of rotatable bonds is 4. The SMILES string of the molecule is OC(CNc1ncnc2cc(Cl)ccc12)c1ccsc1. The lowest BCUT2D eigenvalue weighted by atomic mass is 10.2. The molecular weight excluding hydrogens is 294 g/mol. The van der Waals surface area contributed by atoms with Crippen LogP contribution in [-0.2, 0) is 0 Å². The quantitative estimate of drug-likeness (QED) is 0.774. The number of nitrogens with zero attached hydrogens (tertiary/aromatic N) is 2. The van der Waals surface area contributed by atoms with E-state index in [9.17, 15) is 5.11 Å². The van der Waals surface area contributed by atoms with Crippen molar-refractivity contribution in [1.82, 2.24) is 9.97 Å². The number of fused-ring (bicyclic) bond motifs is 1. The third kappa shape index (κ3) is 2.75. The predicted octanol–water partition coefficient (Wildman–Crippen LogP) is 3.49. The zero-order valence-electron chi connectivity index (χ0n) is 10.5. The third-order valence-corrected chi connectivity index (χ3v) is 3.93. The highest BCUT2D eigenvalue weighted by atomic mass is 35.5. The number of halogens is 1. The highest BCUT2D eigenvalue weighted by molar-refractivity contribution is 7.07. The third-order valence-electron chi connectivity index (χ3n) is 2.99. The molecular formula is C14H12ClN3OS. The van der Waals surface area contributed by atoms with E-state index in [0.717, 1.165) is 16.5 Å². The van der Waals surface area contributed by atoms with Gasteiger partial charge in [0.1, 0.15) is 12.1 Å². The van der Waals surface area contributed by atoms with Crippen molar-refractivity contribution in [3.63, 3.8) is 0 Å². The first-order chi connectivity index (χ1) is 9.74. The molecule has 0 fully saturated rings. The van der Waals surface area contributed by atoms with E-state index >= 15 is 0 Å². The first-order valence-electron chi connectivity index (χ1n) is 6.08. The maximum absolute atomic E-state index is 10.1. The van der Waals surface area contributed by atoms with Crippen molar-refractivity contribution in [2.45, 2.75) is 6.10 Å². The van der Waals surface area contributed by atoms with E-state index in [4.69, 9.17) is 11.6 Å². The molecule has 1 aromatic carbocycles. The molecule has 3 rings (SSSR count). The summed E-state index contributed by atoms with van der Waals surface area (Å²) in [4.78, 5) is 8.40. The van der Waals surface area contributed by atoms with E-state index in [1.165, 1.54) is 6.33 Å². The lowest BCUT2D eigenvalue weighted by Crippen LogP contribution is -2.12. The number of thiophene rings is 1. The van der Waals surface area contributed by atoms with Crippen molar-refractivity contribution in [2.24, 2.45) is 0 Å². The summed E-state index contributed by atoms with van der Waals surface area (Å²) in [6.45, 7) is 0.394. The van der Waals surface area contributed by atoms with Crippen LogP contribution in [0.25, 0.3) is 10.9 Å². The van der Waals surface area contributed by atoms with E-state index in [1.54, 1.807) is 23.5 Å². The summed E-state index contributed by atoms with van der Waals surface area (Å²) in [5.74, 6) is 0.695. The van der Waals surface area contributed by atoms with Gasteiger partial charge < -0.3 is 10.4 Å². The molecule has 0 spiro atoms. The van der Waals surface area contributed by atoms with Crippen LogP contribution in [0.4, 0.5) is 5.82 Å². The Labute approximate surface area is 125 Å². The van der Waals surface area contributed by atoms with Crippen molar-refractivity contribution in [1.29, 1.82) is 0 Å². The molecule has 2 heterocycles. The summed E-state index contributed by atoms with van der Waals surface area (Å²) in [5, 5.41) is 18.6. The lowest BCUT2D eigenvalue weighted by molar-refractivity contribution is 0.192. The van der Waals surface area contributed by atoms with Crippen LogP contribution >= 0.6 is 22.9 Å². The van der Waals surface area contributed by atoms with Crippen molar-refractivity contribution in [2.75, 3.05) is 11.9 Å². The Balaban J connectivity index is 1.81. The minimum Gasteiger partial charge on any atom is -0.387 e. The van der Waals surface area contributed by atoms with Gasteiger partial charge in [-0.05, 0) is 40.6 Å². The molecule has 6 heteroatoms. The molecule has 0 bridgehead atoms. The van der Waals surface area contributed by atoms with Crippen LogP contribution in [0.15, 0.2) is 41.4 Å². The molecule has 20 heavy (non-hydrogen) atoms. The van der Waals surface area contributed by atoms with Crippen LogP contribution in [0, 0.1) is 0 Å². The fourth-order valence-electron chi connectivity index (χ4n) is 1.95. The Hall–Kier alpha value is -1.69. The fourth-order valence-corrected chi connectivity index (χ4v) is 2.82. The minimum absolute atomic E-state index is 0.394. The molecule has 0 aliphatic carbocycles. The van der Waals surface area contributed by atoms with Crippen molar-refractivity contribution in [3.05, 3.63) is 51.9 Å². The largest absolute Gasteiger partial charge is 0.387 e. The highest BCUT2D eigenvalue weighted by Gasteiger charge is 2.09. The van der Waals surface area contributed by atoms with Gasteiger partial charge in [-0.25, -0.2) is 9.97 Å². The number of anilines is 1. The monoisotopic (exact) mass is 305 g/mol. The van der Waals surface area contributed by atoms with Crippen molar-refractivity contribution in [3.8, 4) is 0 Å². The Kier molecular flexibility index (Phi) is 3.82. The van der Waals surface area contributed by atoms with Gasteiger partial charge in [-0.2, -0.15) is 11.3 Å². The average Bonchev–Trinajstić information content (AvgIpc) is 2.98. The molecule has 2 N–H and O–H groups in total. The number of aliphatic hydroxyl groups is 1. The van der Waals surface area contributed by atoms with Crippen LogP contribution in [0.5, 0.6) is 0 Å². The normalized spacial score (nSPS) is 12.5. The lowest BCUT2D eigenvalue weighted by Gasteiger charge is -2.12. The molecule has 4 nitrogen and oxygen atoms in total. The number of hydrogen-bond acceptors (Lipinski definition) is 5. The zero-order chi connectivity index (χ0) is 13.9. The van der Waals surface area contributed by atoms with Gasteiger partial charge in [-0.1, -0.05) is 11.6 Å². The second kappa shape index (κ2) is 5.75. The van der Waals surface area contributed by atoms with Crippen molar-refractivity contribution < 1.29 is 5.11 Å². The molecule has 0 saturated heterocycles. The van der Waals surface area contributed by atoms with Gasteiger partial charge in [0.05, 0.1) is 11.6 Å². The molecule has 0 saturated carbocycles. The topological polar surface area (TPSA) is 58.0 Å².